The molecule has 0 fully saturated rings. The Bertz CT molecular complexity index is 254. The molecule has 0 aliphatic carbocycles. The molecular formula is C9H16ClN3O2. The van der Waals surface area contributed by atoms with Gasteiger partial charge in [0.15, 0.2) is 5.29 Å². The summed E-state index contributed by atoms with van der Waals surface area (Å²) in [6.45, 7) is 8.71. The number of hydrogen-bond acceptors (Lipinski definition) is 4. The van der Waals surface area contributed by atoms with Gasteiger partial charge in [0, 0.05) is 6.61 Å². The van der Waals surface area contributed by atoms with Crippen LogP contribution in [-0.2, 0) is 9.47 Å². The van der Waals surface area contributed by atoms with E-state index in [-0.39, 0.29) is 11.2 Å². The molecule has 5 nitrogen and oxygen atoms in total. The van der Waals surface area contributed by atoms with Gasteiger partial charge >= 0.3 is 0 Å². The molecule has 2 N–H and O–H groups in total. The summed E-state index contributed by atoms with van der Waals surface area (Å²) in [6.07, 6.45) is 0. The maximum atomic E-state index is 6.94. The second kappa shape index (κ2) is 8.26. The highest BCUT2D eigenvalue weighted by Gasteiger charge is 1.96. The molecule has 0 amide bonds. The average Bonchev–Trinajstić information content (AvgIpc) is 2.10. The van der Waals surface area contributed by atoms with Gasteiger partial charge in [-0.05, 0) is 32.0 Å². The Kier molecular flexibility index (Phi) is 7.67. The minimum atomic E-state index is -0.196. The van der Waals surface area contributed by atoms with Crippen molar-refractivity contribution >= 4 is 22.7 Å². The van der Waals surface area contributed by atoms with Gasteiger partial charge < -0.3 is 14.8 Å². The predicted octanol–water partition coefficient (Wildman–Crippen LogP) is 1.69. The summed E-state index contributed by atoms with van der Waals surface area (Å²) in [5, 5.41) is 9.25. The second-order valence-corrected chi connectivity index (χ2v) is 2.95. The number of ether oxygens (including phenoxy) is 2. The lowest BCUT2D eigenvalue weighted by Gasteiger charge is -2.06. The first-order chi connectivity index (χ1) is 7.06. The maximum absolute atomic E-state index is 6.94. The topological polar surface area (TPSA) is 66.7 Å². The van der Waals surface area contributed by atoms with Crippen LogP contribution >= 0.6 is 11.6 Å². The van der Waals surface area contributed by atoms with E-state index < -0.39 is 0 Å². The molecule has 86 valence electrons. The van der Waals surface area contributed by atoms with Crippen LogP contribution in [0.25, 0.3) is 0 Å². The van der Waals surface area contributed by atoms with Crippen LogP contribution in [0.15, 0.2) is 17.5 Å². The minimum Gasteiger partial charge on any atom is -0.476 e. The van der Waals surface area contributed by atoms with Crippen LogP contribution in [0, 0.1) is 5.41 Å². The van der Waals surface area contributed by atoms with E-state index in [0.29, 0.717) is 25.7 Å². The maximum Gasteiger partial charge on any atom is 0.207 e. The molecule has 0 aromatic rings. The lowest BCUT2D eigenvalue weighted by atomic mass is 10.6. The third kappa shape index (κ3) is 9.24. The van der Waals surface area contributed by atoms with Crippen molar-refractivity contribution in [2.75, 3.05) is 19.8 Å². The number of halogens is 1. The number of aliphatic imine (C=N–C) groups is 1. The zero-order valence-electron chi connectivity index (χ0n) is 8.97. The van der Waals surface area contributed by atoms with Gasteiger partial charge in [0.25, 0.3) is 0 Å². The number of nitrogens with zero attached hydrogens (tertiary/aromatic N) is 1. The summed E-state index contributed by atoms with van der Waals surface area (Å²) >= 11 is 5.30. The molecule has 0 radical (unpaired) electrons. The number of nitrogens with one attached hydrogen (secondary N) is 2. The van der Waals surface area contributed by atoms with Gasteiger partial charge in [-0.1, -0.05) is 0 Å². The third-order valence-electron chi connectivity index (χ3n) is 1.28. The molecule has 0 aliphatic rings. The highest BCUT2D eigenvalue weighted by Crippen LogP contribution is 1.95. The smallest absolute Gasteiger partial charge is 0.207 e. The second-order valence-electron chi connectivity index (χ2n) is 2.58. The van der Waals surface area contributed by atoms with E-state index in [9.17, 15) is 0 Å². The van der Waals surface area contributed by atoms with Gasteiger partial charge in [-0.15, -0.1) is 0 Å². The van der Waals surface area contributed by atoms with E-state index in [1.54, 1.807) is 6.92 Å². The Morgan fingerprint density at radius 3 is 2.73 bits per heavy atom. The minimum absolute atomic E-state index is 0.196. The predicted molar refractivity (Wildman–Crippen MR) is 61.4 cm³/mol. The number of rotatable bonds is 6. The van der Waals surface area contributed by atoms with E-state index in [1.807, 2.05) is 6.92 Å². The molecule has 0 aliphatic heterocycles. The van der Waals surface area contributed by atoms with E-state index in [0.717, 1.165) is 0 Å². The highest BCUT2D eigenvalue weighted by molar-refractivity contribution is 6.65. The van der Waals surface area contributed by atoms with Crippen molar-refractivity contribution in [3.8, 4) is 0 Å². The Balaban J connectivity index is 3.76. The van der Waals surface area contributed by atoms with Crippen LogP contribution in [0.5, 0.6) is 0 Å². The first-order valence-electron chi connectivity index (χ1n) is 4.52. The molecule has 0 spiro atoms. The molecule has 15 heavy (non-hydrogen) atoms. The van der Waals surface area contributed by atoms with E-state index in [2.05, 4.69) is 16.9 Å². The van der Waals surface area contributed by atoms with Gasteiger partial charge in [-0.3, -0.25) is 5.41 Å². The van der Waals surface area contributed by atoms with Crippen molar-refractivity contribution in [1.29, 1.82) is 5.41 Å². The van der Waals surface area contributed by atoms with Gasteiger partial charge in [-0.25, -0.2) is 4.99 Å². The lowest BCUT2D eigenvalue weighted by molar-refractivity contribution is 0.0830. The SMILES string of the molecule is C=C(N=C(C)NC(=N)Cl)OCCOCC. The third-order valence-corrected chi connectivity index (χ3v) is 1.38. The fraction of sp³-hybridized carbons (Fsp3) is 0.556. The zero-order valence-corrected chi connectivity index (χ0v) is 9.73. The Morgan fingerprint density at radius 2 is 2.20 bits per heavy atom. The number of hydrogen-bond donors (Lipinski definition) is 2. The molecular weight excluding hydrogens is 218 g/mol. The van der Waals surface area contributed by atoms with E-state index in [1.165, 1.54) is 0 Å². The van der Waals surface area contributed by atoms with Gasteiger partial charge in [-0.2, -0.15) is 0 Å². The van der Waals surface area contributed by atoms with Crippen molar-refractivity contribution in [3.63, 3.8) is 0 Å². The summed E-state index contributed by atoms with van der Waals surface area (Å²) in [4.78, 5) is 3.92. The fourth-order valence-corrected chi connectivity index (χ4v) is 0.906. The van der Waals surface area contributed by atoms with Crippen molar-refractivity contribution in [1.82, 2.24) is 5.32 Å². The van der Waals surface area contributed by atoms with Crippen LogP contribution in [-0.4, -0.2) is 31.0 Å². The first kappa shape index (κ1) is 13.9. The van der Waals surface area contributed by atoms with Crippen molar-refractivity contribution in [2.45, 2.75) is 13.8 Å². The molecule has 0 saturated carbocycles. The van der Waals surface area contributed by atoms with Crippen molar-refractivity contribution in [3.05, 3.63) is 12.5 Å². The van der Waals surface area contributed by atoms with Crippen LogP contribution in [0.1, 0.15) is 13.8 Å². The standard InChI is InChI=1S/C9H16ClN3O2/c1-4-14-5-6-15-8(3)12-7(2)13-9(10)11/h3-6H2,1-2H3,(H2,11,12,13). The van der Waals surface area contributed by atoms with Gasteiger partial charge in [0.1, 0.15) is 12.4 Å². The summed E-state index contributed by atoms with van der Waals surface area (Å²) in [7, 11) is 0. The normalized spacial score (nSPS) is 11.0. The number of amidine groups is 2. The first-order valence-corrected chi connectivity index (χ1v) is 4.89. The molecule has 0 bridgehead atoms. The molecule has 6 heteroatoms. The van der Waals surface area contributed by atoms with Gasteiger partial charge in [0.05, 0.1) is 6.61 Å². The van der Waals surface area contributed by atoms with Crippen LogP contribution in [0.3, 0.4) is 0 Å². The Labute approximate surface area is 94.6 Å². The van der Waals surface area contributed by atoms with Crippen LogP contribution in [0.4, 0.5) is 0 Å². The van der Waals surface area contributed by atoms with Crippen LogP contribution < -0.4 is 5.32 Å². The van der Waals surface area contributed by atoms with E-state index >= 15 is 0 Å². The molecule has 0 heterocycles. The summed E-state index contributed by atoms with van der Waals surface area (Å²) in [5.41, 5.74) is 0. The monoisotopic (exact) mass is 233 g/mol. The largest absolute Gasteiger partial charge is 0.476 e. The van der Waals surface area contributed by atoms with Crippen molar-refractivity contribution in [2.24, 2.45) is 4.99 Å². The Morgan fingerprint density at radius 1 is 1.53 bits per heavy atom. The van der Waals surface area contributed by atoms with Gasteiger partial charge in [0.2, 0.25) is 5.88 Å². The molecule has 0 atom stereocenters. The summed E-state index contributed by atoms with van der Waals surface area (Å²) in [5.74, 6) is 0.717. The van der Waals surface area contributed by atoms with Crippen molar-refractivity contribution < 1.29 is 9.47 Å². The quantitative estimate of drug-likeness (QED) is 0.241. The highest BCUT2D eigenvalue weighted by atomic mass is 35.5. The Hall–Kier alpha value is -1.07. The molecule has 0 unspecified atom stereocenters. The fourth-order valence-electron chi connectivity index (χ4n) is 0.769. The molecule has 0 aromatic heterocycles. The molecule has 0 rings (SSSR count). The summed E-state index contributed by atoms with van der Waals surface area (Å²) in [6, 6.07) is 0. The molecule has 0 saturated heterocycles. The lowest BCUT2D eigenvalue weighted by Crippen LogP contribution is -2.23. The summed E-state index contributed by atoms with van der Waals surface area (Å²) < 4.78 is 10.2. The van der Waals surface area contributed by atoms with Crippen LogP contribution in [0.2, 0.25) is 0 Å². The average molecular weight is 234 g/mol. The molecule has 0 aromatic carbocycles. The zero-order chi connectivity index (χ0) is 11.7. The van der Waals surface area contributed by atoms with E-state index in [4.69, 9.17) is 26.5 Å².